The molecule has 3 aromatic heterocycles. The molecule has 40 heavy (non-hydrogen) atoms. The number of benzene rings is 3. The minimum absolute atomic E-state index is 0.369. The largest absolute Gasteiger partial charge is 0.334 e. The van der Waals surface area contributed by atoms with Crippen LogP contribution >= 0.6 is 0 Å². The fourth-order valence-electron chi connectivity index (χ4n) is 5.36. The summed E-state index contributed by atoms with van der Waals surface area (Å²) in [6, 6.07) is 22.0. The third-order valence-electron chi connectivity index (χ3n) is 7.43. The molecule has 3 heterocycles. The fourth-order valence-corrected chi connectivity index (χ4v) is 5.36. The summed E-state index contributed by atoms with van der Waals surface area (Å²) in [5.74, 6) is 1.86. The predicted octanol–water partition coefficient (Wildman–Crippen LogP) is 6.56. The number of hydrogen-bond acceptors (Lipinski definition) is 5. The number of imidazole rings is 2. The highest BCUT2D eigenvalue weighted by Crippen LogP contribution is 2.31. The number of aryl methyl sites for hydroxylation is 2. The van der Waals surface area contributed by atoms with E-state index in [1.807, 2.05) is 12.4 Å². The van der Waals surface area contributed by atoms with Gasteiger partial charge in [0.2, 0.25) is 0 Å². The molecule has 202 valence electrons. The van der Waals surface area contributed by atoms with Crippen molar-refractivity contribution in [3.8, 4) is 22.4 Å². The average Bonchev–Trinajstić information content (AvgIpc) is 3.72. The normalized spacial score (nSPS) is 11.6. The molecular weight excluding hydrogens is 496 g/mol. The minimum atomic E-state index is 0.369. The SMILES string of the molecule is CCCc1nc2c(C)cc(-c3cn(C(C)C)cn3)cc2n1Cc1ccc(-c2ccccc2)c(Cc2nnn[nH]2)c1. The van der Waals surface area contributed by atoms with Crippen molar-refractivity contribution in [3.63, 3.8) is 0 Å². The summed E-state index contributed by atoms with van der Waals surface area (Å²) in [4.78, 5) is 9.83. The second-order valence-corrected chi connectivity index (χ2v) is 10.7. The molecule has 6 rings (SSSR count). The van der Waals surface area contributed by atoms with Gasteiger partial charge in [-0.3, -0.25) is 0 Å². The Morgan fingerprint density at radius 2 is 1.82 bits per heavy atom. The van der Waals surface area contributed by atoms with Crippen LogP contribution in [0.2, 0.25) is 0 Å². The number of fused-ring (bicyclic) bond motifs is 1. The van der Waals surface area contributed by atoms with Gasteiger partial charge in [-0.2, -0.15) is 0 Å². The van der Waals surface area contributed by atoms with Crippen LogP contribution < -0.4 is 0 Å². The lowest BCUT2D eigenvalue weighted by Crippen LogP contribution is -2.06. The lowest BCUT2D eigenvalue weighted by molar-refractivity contribution is 0.600. The summed E-state index contributed by atoms with van der Waals surface area (Å²) >= 11 is 0. The second-order valence-electron chi connectivity index (χ2n) is 10.7. The first-order valence-electron chi connectivity index (χ1n) is 13.9. The summed E-state index contributed by atoms with van der Waals surface area (Å²) < 4.78 is 4.53. The Morgan fingerprint density at radius 1 is 0.975 bits per heavy atom. The van der Waals surface area contributed by atoms with Crippen LogP contribution in [0.5, 0.6) is 0 Å². The van der Waals surface area contributed by atoms with Gasteiger partial charge in [0.05, 0.1) is 23.1 Å². The predicted molar refractivity (Wildman–Crippen MR) is 158 cm³/mol. The van der Waals surface area contributed by atoms with Gasteiger partial charge in [-0.25, -0.2) is 15.1 Å². The van der Waals surface area contributed by atoms with Crippen molar-refractivity contribution >= 4 is 11.0 Å². The molecule has 0 bridgehead atoms. The number of rotatable bonds is 9. The van der Waals surface area contributed by atoms with E-state index in [2.05, 4.69) is 118 Å². The van der Waals surface area contributed by atoms with Crippen LogP contribution in [0, 0.1) is 6.92 Å². The molecule has 0 saturated heterocycles. The molecule has 6 aromatic rings. The molecule has 8 nitrogen and oxygen atoms in total. The van der Waals surface area contributed by atoms with E-state index in [-0.39, 0.29) is 0 Å². The molecule has 0 atom stereocenters. The summed E-state index contributed by atoms with van der Waals surface area (Å²) in [5, 5.41) is 14.6. The Hall–Kier alpha value is -4.59. The smallest absolute Gasteiger partial charge is 0.152 e. The monoisotopic (exact) mass is 530 g/mol. The van der Waals surface area contributed by atoms with Gasteiger partial charge in [0, 0.05) is 37.2 Å². The first-order valence-corrected chi connectivity index (χ1v) is 13.9. The first kappa shape index (κ1) is 25.7. The standard InChI is InChI=1S/C32H34N8/c1-5-9-31-34-32-22(4)14-26(28-19-39(20-33-28)21(2)3)16-29(32)40(31)18-23-12-13-27(24-10-7-6-8-11-24)25(15-23)17-30-35-37-38-36-30/h6-8,10-16,19-21H,5,9,17-18H2,1-4H3,(H,35,36,37,38). The van der Waals surface area contributed by atoms with Gasteiger partial charge >= 0.3 is 0 Å². The Kier molecular flexibility index (Phi) is 6.99. The Bertz CT molecular complexity index is 1740. The highest BCUT2D eigenvalue weighted by Gasteiger charge is 2.17. The number of nitrogens with one attached hydrogen (secondary N) is 1. The molecule has 8 heteroatoms. The minimum Gasteiger partial charge on any atom is -0.334 e. The summed E-state index contributed by atoms with van der Waals surface area (Å²) in [5.41, 5.74) is 10.2. The van der Waals surface area contributed by atoms with E-state index in [1.165, 1.54) is 27.8 Å². The van der Waals surface area contributed by atoms with E-state index in [4.69, 9.17) is 9.97 Å². The lowest BCUT2D eigenvalue weighted by Gasteiger charge is -2.14. The topological polar surface area (TPSA) is 90.1 Å². The van der Waals surface area contributed by atoms with E-state index in [9.17, 15) is 0 Å². The zero-order valence-electron chi connectivity index (χ0n) is 23.5. The third kappa shape index (κ3) is 5.04. The van der Waals surface area contributed by atoms with Crippen molar-refractivity contribution in [2.75, 3.05) is 0 Å². The van der Waals surface area contributed by atoms with Crippen molar-refractivity contribution in [1.82, 2.24) is 39.7 Å². The molecule has 0 saturated carbocycles. The molecule has 0 unspecified atom stereocenters. The summed E-state index contributed by atoms with van der Waals surface area (Å²) in [6.45, 7) is 9.42. The Labute approximate surface area is 234 Å². The van der Waals surface area contributed by atoms with Gasteiger partial charge in [-0.05, 0) is 77.6 Å². The molecule has 0 radical (unpaired) electrons. The van der Waals surface area contributed by atoms with Crippen LogP contribution in [0.4, 0.5) is 0 Å². The number of nitrogens with zero attached hydrogens (tertiary/aromatic N) is 7. The van der Waals surface area contributed by atoms with Crippen LogP contribution in [0.15, 0.2) is 73.2 Å². The number of H-pyrrole nitrogens is 1. The zero-order valence-corrected chi connectivity index (χ0v) is 23.5. The number of hydrogen-bond donors (Lipinski definition) is 1. The maximum atomic E-state index is 5.12. The van der Waals surface area contributed by atoms with Crippen LogP contribution in [0.1, 0.15) is 61.6 Å². The molecule has 3 aromatic carbocycles. The van der Waals surface area contributed by atoms with Crippen molar-refractivity contribution in [2.24, 2.45) is 0 Å². The number of aromatic nitrogens is 8. The van der Waals surface area contributed by atoms with E-state index in [0.717, 1.165) is 53.3 Å². The molecule has 0 aliphatic carbocycles. The van der Waals surface area contributed by atoms with Crippen LogP contribution in [-0.4, -0.2) is 39.7 Å². The molecule has 1 N–H and O–H groups in total. The third-order valence-corrected chi connectivity index (χ3v) is 7.43. The molecule has 0 aliphatic rings. The van der Waals surface area contributed by atoms with E-state index in [1.54, 1.807) is 0 Å². The second kappa shape index (κ2) is 10.9. The molecule has 0 fully saturated rings. The molecule has 0 amide bonds. The maximum absolute atomic E-state index is 5.12. The maximum Gasteiger partial charge on any atom is 0.152 e. The van der Waals surface area contributed by atoms with Crippen LogP contribution in [-0.2, 0) is 19.4 Å². The molecule has 0 spiro atoms. The number of aromatic amines is 1. The van der Waals surface area contributed by atoms with Crippen molar-refractivity contribution in [1.29, 1.82) is 0 Å². The van der Waals surface area contributed by atoms with Gasteiger partial charge in [-0.15, -0.1) is 5.10 Å². The van der Waals surface area contributed by atoms with Gasteiger partial charge in [0.15, 0.2) is 5.82 Å². The first-order chi connectivity index (χ1) is 19.5. The Balaban J connectivity index is 1.44. The van der Waals surface area contributed by atoms with Gasteiger partial charge < -0.3 is 9.13 Å². The van der Waals surface area contributed by atoms with Crippen molar-refractivity contribution < 1.29 is 0 Å². The van der Waals surface area contributed by atoms with E-state index < -0.39 is 0 Å². The van der Waals surface area contributed by atoms with Crippen molar-refractivity contribution in [2.45, 2.75) is 59.5 Å². The quantitative estimate of drug-likeness (QED) is 0.229. The Morgan fingerprint density at radius 3 is 2.55 bits per heavy atom. The summed E-state index contributed by atoms with van der Waals surface area (Å²) in [6.07, 6.45) is 6.62. The lowest BCUT2D eigenvalue weighted by atomic mass is 9.95. The van der Waals surface area contributed by atoms with Gasteiger partial charge in [0.1, 0.15) is 5.82 Å². The summed E-state index contributed by atoms with van der Waals surface area (Å²) in [7, 11) is 0. The van der Waals surface area contributed by atoms with Crippen LogP contribution in [0.25, 0.3) is 33.4 Å². The van der Waals surface area contributed by atoms with Crippen molar-refractivity contribution in [3.05, 3.63) is 102 Å². The highest BCUT2D eigenvalue weighted by molar-refractivity contribution is 5.85. The number of tetrazole rings is 1. The van der Waals surface area contributed by atoms with E-state index in [0.29, 0.717) is 12.5 Å². The molecular formula is C32H34N8. The highest BCUT2D eigenvalue weighted by atomic mass is 15.5. The average molecular weight is 531 g/mol. The van der Waals surface area contributed by atoms with E-state index >= 15 is 0 Å². The molecule has 0 aliphatic heterocycles. The van der Waals surface area contributed by atoms with Crippen LogP contribution in [0.3, 0.4) is 0 Å². The van der Waals surface area contributed by atoms with Gasteiger partial charge in [0.25, 0.3) is 0 Å². The van der Waals surface area contributed by atoms with Gasteiger partial charge in [-0.1, -0.05) is 55.5 Å². The fraction of sp³-hybridized carbons (Fsp3) is 0.281. The zero-order chi connectivity index (χ0) is 27.6.